The molecule has 6 heteroatoms. The van der Waals surface area contributed by atoms with Crippen LogP contribution in [0.3, 0.4) is 0 Å². The summed E-state index contributed by atoms with van der Waals surface area (Å²) in [6.07, 6.45) is -0.802. The number of carbonyl (C=O) groups excluding carboxylic acids is 1. The molecule has 0 fully saturated rings. The summed E-state index contributed by atoms with van der Waals surface area (Å²) in [5.74, 6) is -1.19. The largest absolute Gasteiger partial charge is 0.480 e. The molecule has 0 saturated carbocycles. The Morgan fingerprint density at radius 2 is 2.00 bits per heavy atom. The van der Waals surface area contributed by atoms with Crippen LogP contribution < -0.4 is 11.1 Å². The zero-order valence-electron chi connectivity index (χ0n) is 10.00. The van der Waals surface area contributed by atoms with Crippen LogP contribution in [0.4, 0.5) is 4.79 Å². The van der Waals surface area contributed by atoms with E-state index in [-0.39, 0.29) is 6.61 Å². The summed E-state index contributed by atoms with van der Waals surface area (Å²) in [5.41, 5.74) is 6.26. The third kappa shape index (κ3) is 4.42. The normalized spacial score (nSPS) is 13.4. The molecule has 0 saturated heterocycles. The Bertz CT molecular complexity index is 406. The van der Waals surface area contributed by atoms with Crippen molar-refractivity contribution in [1.82, 2.24) is 5.32 Å². The molecule has 4 N–H and O–H groups in total. The van der Waals surface area contributed by atoms with E-state index in [0.717, 1.165) is 5.56 Å². The molecule has 0 aliphatic carbocycles. The fourth-order valence-electron chi connectivity index (χ4n) is 1.31. The Morgan fingerprint density at radius 3 is 2.50 bits per heavy atom. The quantitative estimate of drug-likeness (QED) is 0.716. The van der Waals surface area contributed by atoms with Gasteiger partial charge in [-0.3, -0.25) is 0 Å². The number of nitrogens with one attached hydrogen (secondary N) is 1. The zero-order valence-corrected chi connectivity index (χ0v) is 10.00. The number of benzene rings is 1. The van der Waals surface area contributed by atoms with Crippen LogP contribution in [0.25, 0.3) is 0 Å². The van der Waals surface area contributed by atoms with Crippen molar-refractivity contribution in [2.45, 2.75) is 25.6 Å². The number of rotatable bonds is 5. The van der Waals surface area contributed by atoms with Crippen LogP contribution in [0, 0.1) is 0 Å². The standard InChI is InChI=1S/C12H16N2O4/c1-8(13)10(11(15)16)14-12(17)18-7-9-5-3-2-4-6-9/h2-6,8,10H,7,13H2,1H3,(H,14,17)(H,15,16). The third-order valence-electron chi connectivity index (χ3n) is 2.28. The van der Waals surface area contributed by atoms with Crippen molar-refractivity contribution < 1.29 is 19.4 Å². The van der Waals surface area contributed by atoms with Gasteiger partial charge in [0.05, 0.1) is 0 Å². The molecule has 0 aromatic heterocycles. The lowest BCUT2D eigenvalue weighted by atomic mass is 10.1. The molecule has 1 rings (SSSR count). The summed E-state index contributed by atoms with van der Waals surface area (Å²) in [6.45, 7) is 1.58. The smallest absolute Gasteiger partial charge is 0.408 e. The molecule has 0 bridgehead atoms. The average Bonchev–Trinajstić information content (AvgIpc) is 2.34. The molecule has 18 heavy (non-hydrogen) atoms. The van der Waals surface area contributed by atoms with E-state index in [1.165, 1.54) is 6.92 Å². The van der Waals surface area contributed by atoms with Gasteiger partial charge in [-0.15, -0.1) is 0 Å². The summed E-state index contributed by atoms with van der Waals surface area (Å²) in [4.78, 5) is 22.2. The fourth-order valence-corrected chi connectivity index (χ4v) is 1.31. The van der Waals surface area contributed by atoms with Gasteiger partial charge in [-0.25, -0.2) is 9.59 Å². The SMILES string of the molecule is CC(N)C(NC(=O)OCc1ccccc1)C(=O)O. The predicted octanol–water partition coefficient (Wildman–Crippen LogP) is 0.713. The molecule has 0 aliphatic rings. The first-order valence-electron chi connectivity index (χ1n) is 5.46. The maximum atomic E-state index is 11.4. The summed E-state index contributed by atoms with van der Waals surface area (Å²) < 4.78 is 4.89. The van der Waals surface area contributed by atoms with Crippen LogP contribution in [0.5, 0.6) is 0 Å². The summed E-state index contributed by atoms with van der Waals surface area (Å²) in [5, 5.41) is 11.0. The maximum absolute atomic E-state index is 11.4. The lowest BCUT2D eigenvalue weighted by Gasteiger charge is -2.17. The van der Waals surface area contributed by atoms with E-state index < -0.39 is 24.1 Å². The molecule has 2 unspecified atom stereocenters. The number of carbonyl (C=O) groups is 2. The maximum Gasteiger partial charge on any atom is 0.408 e. The molecule has 1 aromatic carbocycles. The van der Waals surface area contributed by atoms with Gasteiger partial charge >= 0.3 is 12.1 Å². The van der Waals surface area contributed by atoms with Crippen LogP contribution >= 0.6 is 0 Å². The number of alkyl carbamates (subject to hydrolysis) is 1. The average molecular weight is 252 g/mol. The van der Waals surface area contributed by atoms with Gasteiger partial charge < -0.3 is 20.9 Å². The third-order valence-corrected chi connectivity index (χ3v) is 2.28. The van der Waals surface area contributed by atoms with Gasteiger partial charge in [0.15, 0.2) is 0 Å². The number of aliphatic carboxylic acids is 1. The lowest BCUT2D eigenvalue weighted by Crippen LogP contribution is -2.51. The van der Waals surface area contributed by atoms with E-state index in [1.807, 2.05) is 18.2 Å². The van der Waals surface area contributed by atoms with Crippen LogP contribution in [0.1, 0.15) is 12.5 Å². The molecule has 0 heterocycles. The van der Waals surface area contributed by atoms with Crippen molar-refractivity contribution >= 4 is 12.1 Å². The minimum absolute atomic E-state index is 0.0813. The molecule has 0 aliphatic heterocycles. The van der Waals surface area contributed by atoms with E-state index in [4.69, 9.17) is 15.6 Å². The van der Waals surface area contributed by atoms with Crippen LogP contribution in [-0.4, -0.2) is 29.3 Å². The van der Waals surface area contributed by atoms with Crippen LogP contribution in [0.15, 0.2) is 30.3 Å². The summed E-state index contributed by atoms with van der Waals surface area (Å²) in [6, 6.07) is 7.22. The number of carboxylic acids is 1. The van der Waals surface area contributed by atoms with Crippen molar-refractivity contribution in [3.8, 4) is 0 Å². The minimum Gasteiger partial charge on any atom is -0.480 e. The van der Waals surface area contributed by atoms with Crippen molar-refractivity contribution in [3.05, 3.63) is 35.9 Å². The topological polar surface area (TPSA) is 102 Å². The monoisotopic (exact) mass is 252 g/mol. The number of nitrogens with two attached hydrogens (primary N) is 1. The second-order valence-electron chi connectivity index (χ2n) is 3.88. The van der Waals surface area contributed by atoms with Crippen LogP contribution in [-0.2, 0) is 16.1 Å². The lowest BCUT2D eigenvalue weighted by molar-refractivity contribution is -0.139. The highest BCUT2D eigenvalue weighted by Gasteiger charge is 2.24. The first kappa shape index (κ1) is 14.0. The van der Waals surface area contributed by atoms with E-state index >= 15 is 0 Å². The molecule has 0 spiro atoms. The molecular weight excluding hydrogens is 236 g/mol. The Balaban J connectivity index is 2.44. The molecular formula is C12H16N2O4. The van der Waals surface area contributed by atoms with Crippen molar-refractivity contribution in [1.29, 1.82) is 0 Å². The van der Waals surface area contributed by atoms with Crippen molar-refractivity contribution in [3.63, 3.8) is 0 Å². The summed E-state index contributed by atoms with van der Waals surface area (Å²) >= 11 is 0. The number of carboxylic acid groups (broad SMARTS) is 1. The Hall–Kier alpha value is -2.08. The number of ether oxygens (including phenoxy) is 1. The predicted molar refractivity (Wildman–Crippen MR) is 64.8 cm³/mol. The number of hydrogen-bond donors (Lipinski definition) is 3. The van der Waals surface area contributed by atoms with E-state index in [1.54, 1.807) is 12.1 Å². The molecule has 2 atom stereocenters. The van der Waals surface area contributed by atoms with E-state index in [9.17, 15) is 9.59 Å². The number of amides is 1. The van der Waals surface area contributed by atoms with Crippen molar-refractivity contribution in [2.75, 3.05) is 0 Å². The number of hydrogen-bond acceptors (Lipinski definition) is 4. The zero-order chi connectivity index (χ0) is 13.5. The minimum atomic E-state index is -1.19. The van der Waals surface area contributed by atoms with E-state index in [0.29, 0.717) is 0 Å². The van der Waals surface area contributed by atoms with Gasteiger partial charge in [0, 0.05) is 6.04 Å². The first-order valence-corrected chi connectivity index (χ1v) is 5.46. The second kappa shape index (κ2) is 6.61. The van der Waals surface area contributed by atoms with Gasteiger partial charge in [-0.2, -0.15) is 0 Å². The van der Waals surface area contributed by atoms with Gasteiger partial charge in [-0.05, 0) is 12.5 Å². The Kier molecular flexibility index (Phi) is 5.13. The molecule has 1 aromatic rings. The highest BCUT2D eigenvalue weighted by Crippen LogP contribution is 2.01. The Morgan fingerprint density at radius 1 is 1.39 bits per heavy atom. The van der Waals surface area contributed by atoms with Gasteiger partial charge in [-0.1, -0.05) is 30.3 Å². The molecule has 0 radical (unpaired) electrons. The fraction of sp³-hybridized carbons (Fsp3) is 0.333. The molecule has 6 nitrogen and oxygen atoms in total. The first-order chi connectivity index (χ1) is 8.50. The Labute approximate surface area is 105 Å². The van der Waals surface area contributed by atoms with E-state index in [2.05, 4.69) is 5.32 Å². The molecule has 1 amide bonds. The summed E-state index contributed by atoms with van der Waals surface area (Å²) in [7, 11) is 0. The second-order valence-corrected chi connectivity index (χ2v) is 3.88. The van der Waals surface area contributed by atoms with Crippen molar-refractivity contribution in [2.24, 2.45) is 5.73 Å². The van der Waals surface area contributed by atoms with Crippen LogP contribution in [0.2, 0.25) is 0 Å². The molecule has 98 valence electrons. The van der Waals surface area contributed by atoms with Gasteiger partial charge in [0.2, 0.25) is 0 Å². The highest BCUT2D eigenvalue weighted by atomic mass is 16.5. The van der Waals surface area contributed by atoms with Gasteiger partial charge in [0.1, 0.15) is 12.6 Å². The van der Waals surface area contributed by atoms with Gasteiger partial charge in [0.25, 0.3) is 0 Å². The highest BCUT2D eigenvalue weighted by molar-refractivity contribution is 5.80.